The van der Waals surface area contributed by atoms with Crippen LogP contribution in [0.15, 0.2) is 17.3 Å². The molecular formula is C8H12N4O. The Balaban J connectivity index is 0.000000396. The van der Waals surface area contributed by atoms with Gasteiger partial charge in [0.1, 0.15) is 0 Å². The number of nitrogens with one attached hydrogen (secondary N) is 1. The number of H-pyrrole nitrogens is 1. The van der Waals surface area contributed by atoms with Crippen molar-refractivity contribution in [2.75, 3.05) is 0 Å². The zero-order valence-corrected chi connectivity index (χ0v) is 7.90. The molecule has 1 N–H and O–H groups in total. The van der Waals surface area contributed by atoms with Crippen LogP contribution >= 0.6 is 0 Å². The lowest BCUT2D eigenvalue weighted by Gasteiger charge is -1.89. The van der Waals surface area contributed by atoms with E-state index in [9.17, 15) is 4.79 Å². The summed E-state index contributed by atoms with van der Waals surface area (Å²) < 4.78 is 1.75. The molecule has 0 aliphatic rings. The molecule has 2 aromatic heterocycles. The Morgan fingerprint density at radius 3 is 2.77 bits per heavy atom. The Morgan fingerprint density at radius 1 is 1.46 bits per heavy atom. The summed E-state index contributed by atoms with van der Waals surface area (Å²) in [6, 6.07) is 0. The fourth-order valence-electron chi connectivity index (χ4n) is 0.972. The number of aromatic amines is 1. The molecule has 0 atom stereocenters. The van der Waals surface area contributed by atoms with Crippen molar-refractivity contribution in [1.82, 2.24) is 19.7 Å². The van der Waals surface area contributed by atoms with Crippen LogP contribution in [0.4, 0.5) is 0 Å². The number of hydrogen-bond donors (Lipinski definition) is 1. The van der Waals surface area contributed by atoms with Crippen LogP contribution < -0.4 is 5.56 Å². The molecular weight excluding hydrogens is 168 g/mol. The number of imidazole rings is 1. The third-order valence-electron chi connectivity index (χ3n) is 1.55. The van der Waals surface area contributed by atoms with Gasteiger partial charge in [0.15, 0.2) is 5.52 Å². The maximum Gasteiger partial charge on any atom is 0.292 e. The first kappa shape index (κ1) is 9.44. The Morgan fingerprint density at radius 2 is 2.15 bits per heavy atom. The third-order valence-corrected chi connectivity index (χ3v) is 1.55. The van der Waals surface area contributed by atoms with Gasteiger partial charge in [0.2, 0.25) is 0 Å². The van der Waals surface area contributed by atoms with Crippen LogP contribution in [-0.2, 0) is 7.05 Å². The van der Waals surface area contributed by atoms with E-state index in [1.807, 2.05) is 20.9 Å². The molecule has 2 heterocycles. The van der Waals surface area contributed by atoms with E-state index in [0.717, 1.165) is 5.52 Å². The molecule has 0 saturated heterocycles. The maximum atomic E-state index is 11.0. The highest BCUT2D eigenvalue weighted by molar-refractivity contribution is 5.72. The van der Waals surface area contributed by atoms with Crippen molar-refractivity contribution < 1.29 is 0 Å². The van der Waals surface area contributed by atoms with Crippen LogP contribution in [0.3, 0.4) is 0 Å². The smallest absolute Gasteiger partial charge is 0.292 e. The minimum Gasteiger partial charge on any atom is -0.332 e. The Bertz CT molecular complexity index is 443. The quantitative estimate of drug-likeness (QED) is 0.648. The zero-order valence-electron chi connectivity index (χ0n) is 7.90. The van der Waals surface area contributed by atoms with Crippen LogP contribution in [0.5, 0.6) is 0 Å². The van der Waals surface area contributed by atoms with E-state index in [0.29, 0.717) is 5.52 Å². The highest BCUT2D eigenvalue weighted by Crippen LogP contribution is 2.01. The van der Waals surface area contributed by atoms with Gasteiger partial charge in [0.05, 0.1) is 18.0 Å². The molecule has 0 radical (unpaired) electrons. The number of aromatic nitrogens is 4. The van der Waals surface area contributed by atoms with Crippen molar-refractivity contribution >= 4 is 11.0 Å². The zero-order chi connectivity index (χ0) is 9.84. The summed E-state index contributed by atoms with van der Waals surface area (Å²) in [7, 11) is 1.82. The second-order valence-electron chi connectivity index (χ2n) is 2.29. The highest BCUT2D eigenvalue weighted by Gasteiger charge is 2.01. The predicted octanol–water partition coefficient (Wildman–Crippen LogP) is 0.683. The van der Waals surface area contributed by atoms with E-state index >= 15 is 0 Å². The number of rotatable bonds is 0. The standard InChI is InChI=1S/C6H6N4O.C2H6/c1-10-3-7-5-4(10)2-8-9-6(5)11;1-2/h2-3H,1H3,(H,9,11);1-2H3. The Labute approximate surface area is 75.4 Å². The fourth-order valence-corrected chi connectivity index (χ4v) is 0.972. The Hall–Kier alpha value is -1.65. The van der Waals surface area contributed by atoms with Crippen molar-refractivity contribution in [3.05, 3.63) is 22.9 Å². The maximum absolute atomic E-state index is 11.0. The SMILES string of the molecule is CC.Cn1cnc2c(=O)[nH]ncc21. The average molecular weight is 180 g/mol. The summed E-state index contributed by atoms with van der Waals surface area (Å²) in [5.74, 6) is 0. The molecule has 2 aromatic rings. The van der Waals surface area contributed by atoms with Gasteiger partial charge in [-0.15, -0.1) is 0 Å². The molecule has 0 fully saturated rings. The number of nitrogens with zero attached hydrogens (tertiary/aromatic N) is 3. The normalized spacial score (nSPS) is 9.46. The molecule has 0 saturated carbocycles. The van der Waals surface area contributed by atoms with Crippen molar-refractivity contribution in [1.29, 1.82) is 0 Å². The van der Waals surface area contributed by atoms with Crippen LogP contribution in [-0.4, -0.2) is 19.7 Å². The van der Waals surface area contributed by atoms with Crippen molar-refractivity contribution in [3.8, 4) is 0 Å². The summed E-state index contributed by atoms with van der Waals surface area (Å²) in [5, 5.41) is 5.95. The van der Waals surface area contributed by atoms with Crippen molar-refractivity contribution in [2.45, 2.75) is 13.8 Å². The molecule has 0 aliphatic carbocycles. The summed E-state index contributed by atoms with van der Waals surface area (Å²) in [5.41, 5.74) is 0.930. The lowest BCUT2D eigenvalue weighted by Crippen LogP contribution is -2.07. The minimum absolute atomic E-state index is 0.247. The number of aryl methyl sites for hydroxylation is 1. The lowest BCUT2D eigenvalue weighted by atomic mass is 10.5. The number of fused-ring (bicyclic) bond motifs is 1. The first-order valence-electron chi connectivity index (χ1n) is 4.14. The van der Waals surface area contributed by atoms with E-state index in [-0.39, 0.29) is 5.56 Å². The third kappa shape index (κ3) is 1.58. The molecule has 0 bridgehead atoms. The molecule has 0 unspecified atom stereocenters. The predicted molar refractivity (Wildman–Crippen MR) is 50.5 cm³/mol. The molecule has 0 spiro atoms. The molecule has 0 aromatic carbocycles. The summed E-state index contributed by atoms with van der Waals surface area (Å²) in [6.45, 7) is 4.00. The minimum atomic E-state index is -0.247. The second kappa shape index (κ2) is 3.84. The Kier molecular flexibility index (Phi) is 2.79. The van der Waals surface area contributed by atoms with Crippen LogP contribution in [0.2, 0.25) is 0 Å². The van der Waals surface area contributed by atoms with Gasteiger partial charge in [0, 0.05) is 7.05 Å². The van der Waals surface area contributed by atoms with Crippen LogP contribution in [0.1, 0.15) is 13.8 Å². The van der Waals surface area contributed by atoms with Gasteiger partial charge < -0.3 is 4.57 Å². The molecule has 0 aliphatic heterocycles. The van der Waals surface area contributed by atoms with E-state index in [1.165, 1.54) is 0 Å². The van der Waals surface area contributed by atoms with Gasteiger partial charge in [0.25, 0.3) is 5.56 Å². The van der Waals surface area contributed by atoms with Gasteiger partial charge >= 0.3 is 0 Å². The average Bonchev–Trinajstić information content (AvgIpc) is 2.53. The largest absolute Gasteiger partial charge is 0.332 e. The second-order valence-corrected chi connectivity index (χ2v) is 2.29. The highest BCUT2D eigenvalue weighted by atomic mass is 16.1. The number of hydrogen-bond acceptors (Lipinski definition) is 3. The fraction of sp³-hybridized carbons (Fsp3) is 0.375. The monoisotopic (exact) mass is 180 g/mol. The first-order chi connectivity index (χ1) is 6.29. The van der Waals surface area contributed by atoms with Crippen LogP contribution in [0, 0.1) is 0 Å². The summed E-state index contributed by atoms with van der Waals surface area (Å²) in [6.07, 6.45) is 3.16. The van der Waals surface area contributed by atoms with E-state index in [2.05, 4.69) is 15.2 Å². The molecule has 13 heavy (non-hydrogen) atoms. The van der Waals surface area contributed by atoms with Gasteiger partial charge in [-0.05, 0) is 0 Å². The summed E-state index contributed by atoms with van der Waals surface area (Å²) >= 11 is 0. The van der Waals surface area contributed by atoms with E-state index in [1.54, 1.807) is 17.1 Å². The van der Waals surface area contributed by atoms with Gasteiger partial charge in [-0.25, -0.2) is 10.1 Å². The lowest BCUT2D eigenvalue weighted by molar-refractivity contribution is 0.935. The van der Waals surface area contributed by atoms with Crippen molar-refractivity contribution in [2.24, 2.45) is 7.05 Å². The molecule has 0 amide bonds. The van der Waals surface area contributed by atoms with Crippen molar-refractivity contribution in [3.63, 3.8) is 0 Å². The summed E-state index contributed by atoms with van der Waals surface area (Å²) in [4.78, 5) is 14.9. The molecule has 2 rings (SSSR count). The van der Waals surface area contributed by atoms with Crippen LogP contribution in [0.25, 0.3) is 11.0 Å². The molecule has 5 heteroatoms. The van der Waals surface area contributed by atoms with Gasteiger partial charge in [-0.1, -0.05) is 13.8 Å². The van der Waals surface area contributed by atoms with Gasteiger partial charge in [-0.2, -0.15) is 5.10 Å². The topological polar surface area (TPSA) is 63.6 Å². The first-order valence-corrected chi connectivity index (χ1v) is 4.14. The molecule has 5 nitrogen and oxygen atoms in total. The van der Waals surface area contributed by atoms with E-state index < -0.39 is 0 Å². The van der Waals surface area contributed by atoms with E-state index in [4.69, 9.17) is 0 Å². The molecule has 70 valence electrons. The van der Waals surface area contributed by atoms with Gasteiger partial charge in [-0.3, -0.25) is 4.79 Å².